The standard InChI is InChI=1S/C25H32ClN3O4/c1-29-12-11-25(16-5-7-21(32-3)22(13-16)33-4)10-9-18(15-23(25)29)27-24(30)28-19-14-17(26)6-8-20(19)31-2/h5-8,13-14,18,23H,9-12,15H2,1-4H3,(H2,27,28,30)/t18-,23+,25-/m0/s1. The summed E-state index contributed by atoms with van der Waals surface area (Å²) in [4.78, 5) is 15.2. The first kappa shape index (κ1) is 23.5. The molecule has 2 N–H and O–H groups in total. The van der Waals surface area contributed by atoms with Crippen LogP contribution in [0.5, 0.6) is 17.2 Å². The molecule has 0 unspecified atom stereocenters. The molecular weight excluding hydrogens is 442 g/mol. The van der Waals surface area contributed by atoms with Gasteiger partial charge in [0.25, 0.3) is 0 Å². The SMILES string of the molecule is COc1ccc(Cl)cc1NC(=O)N[C@H]1CC[C@@]2(c3ccc(OC)c(OC)c3)CCN(C)[C@@H]2C1. The molecular formula is C25H32ClN3O4. The lowest BCUT2D eigenvalue weighted by molar-refractivity contribution is 0.156. The fraction of sp³-hybridized carbons (Fsp3) is 0.480. The first-order chi connectivity index (χ1) is 15.9. The lowest BCUT2D eigenvalue weighted by Crippen LogP contribution is -2.52. The van der Waals surface area contributed by atoms with E-state index in [0.717, 1.165) is 43.7 Å². The number of anilines is 1. The first-order valence-corrected chi connectivity index (χ1v) is 11.6. The van der Waals surface area contributed by atoms with E-state index in [2.05, 4.69) is 34.7 Å². The third-order valence-electron chi connectivity index (χ3n) is 7.23. The Kier molecular flexibility index (Phi) is 6.91. The molecule has 2 amide bonds. The van der Waals surface area contributed by atoms with Crippen molar-refractivity contribution >= 4 is 23.3 Å². The Morgan fingerprint density at radius 2 is 1.76 bits per heavy atom. The summed E-state index contributed by atoms with van der Waals surface area (Å²) in [5.41, 5.74) is 1.87. The van der Waals surface area contributed by atoms with Gasteiger partial charge < -0.3 is 29.7 Å². The Morgan fingerprint density at radius 1 is 1.03 bits per heavy atom. The van der Waals surface area contributed by atoms with E-state index in [4.69, 9.17) is 25.8 Å². The van der Waals surface area contributed by atoms with Crippen LogP contribution in [0.15, 0.2) is 36.4 Å². The van der Waals surface area contributed by atoms with Gasteiger partial charge >= 0.3 is 6.03 Å². The van der Waals surface area contributed by atoms with Crippen LogP contribution in [0.1, 0.15) is 31.2 Å². The zero-order valence-corrected chi connectivity index (χ0v) is 20.4. The van der Waals surface area contributed by atoms with Crippen molar-refractivity contribution in [2.45, 2.75) is 43.2 Å². The second-order valence-corrected chi connectivity index (χ2v) is 9.32. The summed E-state index contributed by atoms with van der Waals surface area (Å²) in [5.74, 6) is 2.07. The summed E-state index contributed by atoms with van der Waals surface area (Å²) in [5, 5.41) is 6.58. The Morgan fingerprint density at radius 3 is 2.48 bits per heavy atom. The van der Waals surface area contributed by atoms with Crippen molar-refractivity contribution in [1.82, 2.24) is 10.2 Å². The highest BCUT2D eigenvalue weighted by Crippen LogP contribution is 2.49. The molecule has 1 aliphatic heterocycles. The van der Waals surface area contributed by atoms with Crippen molar-refractivity contribution in [1.29, 1.82) is 0 Å². The highest BCUT2D eigenvalue weighted by molar-refractivity contribution is 6.31. The maximum absolute atomic E-state index is 12.8. The number of amides is 2. The van der Waals surface area contributed by atoms with Crippen molar-refractivity contribution in [3.63, 3.8) is 0 Å². The van der Waals surface area contributed by atoms with E-state index in [9.17, 15) is 4.79 Å². The quantitative estimate of drug-likeness (QED) is 0.637. The Hall–Kier alpha value is -2.64. The van der Waals surface area contributed by atoms with E-state index in [0.29, 0.717) is 22.5 Å². The van der Waals surface area contributed by atoms with Crippen molar-refractivity contribution in [3.8, 4) is 17.2 Å². The first-order valence-electron chi connectivity index (χ1n) is 11.2. The maximum Gasteiger partial charge on any atom is 0.319 e. The summed E-state index contributed by atoms with van der Waals surface area (Å²) in [6, 6.07) is 11.6. The van der Waals surface area contributed by atoms with Crippen molar-refractivity contribution < 1.29 is 19.0 Å². The number of likely N-dealkylation sites (tertiary alicyclic amines) is 1. The second kappa shape index (κ2) is 9.69. The molecule has 4 rings (SSSR count). The number of nitrogens with one attached hydrogen (secondary N) is 2. The average Bonchev–Trinajstić information content (AvgIpc) is 3.15. The van der Waals surface area contributed by atoms with E-state index in [1.165, 1.54) is 5.56 Å². The third-order valence-corrected chi connectivity index (χ3v) is 7.47. The average molecular weight is 474 g/mol. The second-order valence-electron chi connectivity index (χ2n) is 8.89. The van der Waals surface area contributed by atoms with Crippen LogP contribution >= 0.6 is 11.6 Å². The molecule has 2 aromatic rings. The van der Waals surface area contributed by atoms with Gasteiger partial charge in [0.1, 0.15) is 5.75 Å². The molecule has 2 aliphatic rings. The molecule has 2 fully saturated rings. The predicted octanol–water partition coefficient (Wildman–Crippen LogP) is 4.68. The van der Waals surface area contributed by atoms with Gasteiger partial charge in [0.2, 0.25) is 0 Å². The Bertz CT molecular complexity index is 1020. The van der Waals surface area contributed by atoms with Gasteiger partial charge in [0, 0.05) is 22.5 Å². The number of benzene rings is 2. The molecule has 2 aromatic carbocycles. The molecule has 178 valence electrons. The Labute approximate surface area is 200 Å². The van der Waals surface area contributed by atoms with E-state index in [1.807, 2.05) is 6.07 Å². The topological polar surface area (TPSA) is 72.1 Å². The number of halogens is 1. The van der Waals surface area contributed by atoms with Crippen LogP contribution in [0.25, 0.3) is 0 Å². The lowest BCUT2D eigenvalue weighted by Gasteiger charge is -2.45. The molecule has 3 atom stereocenters. The number of carbonyl (C=O) groups excluding carboxylic acids is 1. The maximum atomic E-state index is 12.8. The van der Waals surface area contributed by atoms with Gasteiger partial charge in [-0.1, -0.05) is 17.7 Å². The fourth-order valence-electron chi connectivity index (χ4n) is 5.52. The minimum absolute atomic E-state index is 0.0408. The minimum Gasteiger partial charge on any atom is -0.495 e. The van der Waals surface area contributed by atoms with Crippen LogP contribution in [-0.2, 0) is 5.41 Å². The monoisotopic (exact) mass is 473 g/mol. The fourth-order valence-corrected chi connectivity index (χ4v) is 5.69. The number of ether oxygens (including phenoxy) is 3. The lowest BCUT2D eigenvalue weighted by atomic mass is 9.65. The van der Waals surface area contributed by atoms with Crippen LogP contribution in [0.2, 0.25) is 5.02 Å². The molecule has 0 radical (unpaired) electrons. The van der Waals surface area contributed by atoms with Crippen molar-refractivity contribution in [2.75, 3.05) is 40.2 Å². The van der Waals surface area contributed by atoms with E-state index in [-0.39, 0.29) is 17.5 Å². The highest BCUT2D eigenvalue weighted by Gasteiger charge is 2.50. The number of urea groups is 1. The molecule has 0 bridgehead atoms. The molecule has 1 saturated carbocycles. The number of rotatable bonds is 6. The van der Waals surface area contributed by atoms with Crippen molar-refractivity contribution in [2.24, 2.45) is 0 Å². The zero-order chi connectivity index (χ0) is 23.6. The number of methoxy groups -OCH3 is 3. The summed E-state index contributed by atoms with van der Waals surface area (Å²) in [6.45, 7) is 1.03. The van der Waals surface area contributed by atoms with Gasteiger partial charge in [-0.3, -0.25) is 0 Å². The minimum atomic E-state index is -0.250. The predicted molar refractivity (Wildman–Crippen MR) is 130 cm³/mol. The molecule has 0 aromatic heterocycles. The van der Waals surface area contributed by atoms with Gasteiger partial charge in [-0.15, -0.1) is 0 Å². The number of hydrogen-bond donors (Lipinski definition) is 2. The molecule has 8 heteroatoms. The smallest absolute Gasteiger partial charge is 0.319 e. The molecule has 7 nitrogen and oxygen atoms in total. The zero-order valence-electron chi connectivity index (χ0n) is 19.6. The molecule has 1 aliphatic carbocycles. The van der Waals surface area contributed by atoms with Crippen LogP contribution < -0.4 is 24.8 Å². The largest absolute Gasteiger partial charge is 0.495 e. The van der Waals surface area contributed by atoms with Crippen molar-refractivity contribution in [3.05, 3.63) is 47.0 Å². The summed E-state index contributed by atoms with van der Waals surface area (Å²) < 4.78 is 16.3. The van der Waals surface area contributed by atoms with Crippen LogP contribution in [-0.4, -0.2) is 57.9 Å². The van der Waals surface area contributed by atoms with Gasteiger partial charge in [-0.05, 0) is 75.2 Å². The number of likely N-dealkylation sites (N-methyl/N-ethyl adjacent to an activating group) is 1. The summed E-state index contributed by atoms with van der Waals surface area (Å²) in [7, 11) is 7.07. The molecule has 0 spiro atoms. The van der Waals surface area contributed by atoms with Gasteiger partial charge in [-0.25, -0.2) is 4.79 Å². The normalized spacial score (nSPS) is 24.6. The third kappa shape index (κ3) is 4.57. The van der Waals surface area contributed by atoms with Gasteiger partial charge in [-0.2, -0.15) is 0 Å². The van der Waals surface area contributed by atoms with E-state index < -0.39 is 0 Å². The van der Waals surface area contributed by atoms with Crippen LogP contribution in [0.3, 0.4) is 0 Å². The number of fused-ring (bicyclic) bond motifs is 1. The number of nitrogens with zero attached hydrogens (tertiary/aromatic N) is 1. The number of hydrogen-bond acceptors (Lipinski definition) is 5. The summed E-state index contributed by atoms with van der Waals surface area (Å²) >= 11 is 6.09. The number of carbonyl (C=O) groups is 1. The van der Waals surface area contributed by atoms with Gasteiger partial charge in [0.15, 0.2) is 11.5 Å². The van der Waals surface area contributed by atoms with E-state index >= 15 is 0 Å². The molecule has 1 saturated heterocycles. The molecule has 1 heterocycles. The van der Waals surface area contributed by atoms with E-state index in [1.54, 1.807) is 39.5 Å². The van der Waals surface area contributed by atoms with Crippen LogP contribution in [0.4, 0.5) is 10.5 Å². The highest BCUT2D eigenvalue weighted by atomic mass is 35.5. The van der Waals surface area contributed by atoms with Crippen LogP contribution in [0, 0.1) is 0 Å². The summed E-state index contributed by atoms with van der Waals surface area (Å²) in [6.07, 6.45) is 3.86. The molecule has 33 heavy (non-hydrogen) atoms. The van der Waals surface area contributed by atoms with Gasteiger partial charge in [0.05, 0.1) is 27.0 Å². The Balaban J connectivity index is 1.48.